The minimum Gasteiger partial charge on any atom is -0.496 e. The minimum atomic E-state index is -5.65. The van der Waals surface area contributed by atoms with Crippen molar-refractivity contribution in [3.63, 3.8) is 0 Å². The summed E-state index contributed by atoms with van der Waals surface area (Å²) in [6, 6.07) is 10.2. The third-order valence-electron chi connectivity index (χ3n) is 7.60. The van der Waals surface area contributed by atoms with Gasteiger partial charge in [0, 0.05) is 23.9 Å². The van der Waals surface area contributed by atoms with Gasteiger partial charge in [-0.15, -0.1) is 0 Å². The number of fused-ring (bicyclic) bond motifs is 2. The van der Waals surface area contributed by atoms with Gasteiger partial charge in [-0.25, -0.2) is 17.6 Å². The molecule has 2 bridgehead atoms. The number of carbonyl (C=O) groups is 3. The van der Waals surface area contributed by atoms with E-state index in [0.29, 0.717) is 12.5 Å². The van der Waals surface area contributed by atoms with Crippen LogP contribution >= 0.6 is 0 Å². The molecule has 2 aliphatic rings. The maximum Gasteiger partial charge on any atom is 0.501 e. The largest absolute Gasteiger partial charge is 0.501 e. The van der Waals surface area contributed by atoms with Crippen LogP contribution in [-0.4, -0.2) is 50.0 Å². The molecule has 0 heterocycles. The van der Waals surface area contributed by atoms with E-state index in [9.17, 15) is 40.4 Å². The van der Waals surface area contributed by atoms with E-state index in [1.807, 2.05) is 6.08 Å². The average molecular weight is 649 g/mol. The van der Waals surface area contributed by atoms with E-state index in [1.54, 1.807) is 6.08 Å². The third-order valence-corrected chi connectivity index (χ3v) is 9.09. The van der Waals surface area contributed by atoms with E-state index in [-0.39, 0.29) is 45.9 Å². The van der Waals surface area contributed by atoms with Crippen molar-refractivity contribution in [1.29, 1.82) is 0 Å². The molecular formula is C30H24F4N2O8S. The predicted octanol–water partition coefficient (Wildman–Crippen LogP) is 5.18. The molecule has 0 radical (unpaired) electrons. The Balaban J connectivity index is 1.36. The number of carboxylic acids is 1. The van der Waals surface area contributed by atoms with E-state index in [1.165, 1.54) is 37.4 Å². The molecule has 5 rings (SSSR count). The molecule has 2 amide bonds. The first kappa shape index (κ1) is 31.5. The second-order valence-corrected chi connectivity index (χ2v) is 12.3. The summed E-state index contributed by atoms with van der Waals surface area (Å²) >= 11 is 0. The highest BCUT2D eigenvalue weighted by Gasteiger charge is 2.49. The first-order valence-electron chi connectivity index (χ1n) is 13.3. The number of hydrogen-bond donors (Lipinski definition) is 3. The Kier molecular flexibility index (Phi) is 8.31. The summed E-state index contributed by atoms with van der Waals surface area (Å²) in [5.74, 6) is -5.31. The number of carboxylic acid groups (broad SMARTS) is 1. The van der Waals surface area contributed by atoms with Crippen molar-refractivity contribution in [2.45, 2.75) is 22.9 Å². The van der Waals surface area contributed by atoms with Crippen molar-refractivity contribution in [3.05, 3.63) is 89.8 Å². The van der Waals surface area contributed by atoms with Crippen LogP contribution in [0.5, 0.6) is 17.2 Å². The number of hydrogen-bond acceptors (Lipinski definition) is 7. The Hall–Kier alpha value is -4.92. The SMILES string of the molecule is COc1cc(F)c(Oc2ccc(C(=O)O)cc2)cc1C(=O)NC1C2C=CC(C2)C1C(=O)Nc1cccc(S(=O)(=O)C(F)(F)F)c1. The molecule has 45 heavy (non-hydrogen) atoms. The number of anilines is 1. The van der Waals surface area contributed by atoms with Gasteiger partial charge in [-0.3, -0.25) is 9.59 Å². The zero-order valence-electron chi connectivity index (χ0n) is 23.2. The molecule has 10 nitrogen and oxygen atoms in total. The van der Waals surface area contributed by atoms with Gasteiger partial charge in [0.05, 0.1) is 29.1 Å². The normalized spacial score (nSPS) is 20.5. The fraction of sp³-hybridized carbons (Fsp3) is 0.233. The number of allylic oxidation sites excluding steroid dienone is 1. The van der Waals surface area contributed by atoms with Crippen molar-refractivity contribution in [2.24, 2.45) is 17.8 Å². The van der Waals surface area contributed by atoms with Crippen LogP contribution in [0.3, 0.4) is 0 Å². The number of nitrogens with one attached hydrogen (secondary N) is 2. The number of methoxy groups -OCH3 is 1. The first-order valence-corrected chi connectivity index (χ1v) is 14.8. The number of alkyl halides is 3. The number of sulfone groups is 1. The fourth-order valence-electron chi connectivity index (χ4n) is 5.46. The Morgan fingerprint density at radius 3 is 2.29 bits per heavy atom. The number of carbonyl (C=O) groups excluding carboxylic acids is 2. The summed E-state index contributed by atoms with van der Waals surface area (Å²) in [6.45, 7) is 0. The van der Waals surface area contributed by atoms with Crippen LogP contribution in [0.25, 0.3) is 0 Å². The molecule has 0 spiro atoms. The lowest BCUT2D eigenvalue weighted by atomic mass is 9.87. The Morgan fingerprint density at radius 1 is 0.956 bits per heavy atom. The van der Waals surface area contributed by atoms with Crippen molar-refractivity contribution in [1.82, 2.24) is 5.32 Å². The van der Waals surface area contributed by atoms with Gasteiger partial charge in [-0.1, -0.05) is 18.2 Å². The zero-order chi connectivity index (χ0) is 32.7. The molecule has 3 N–H and O–H groups in total. The summed E-state index contributed by atoms with van der Waals surface area (Å²) in [5.41, 5.74) is -5.86. The van der Waals surface area contributed by atoms with E-state index >= 15 is 0 Å². The molecular weight excluding hydrogens is 624 g/mol. The van der Waals surface area contributed by atoms with Crippen LogP contribution in [-0.2, 0) is 14.6 Å². The van der Waals surface area contributed by atoms with E-state index in [4.69, 9.17) is 14.6 Å². The summed E-state index contributed by atoms with van der Waals surface area (Å²) in [6.07, 6.45) is 4.11. The molecule has 236 valence electrons. The minimum absolute atomic E-state index is 0.0184. The number of rotatable bonds is 9. The van der Waals surface area contributed by atoms with Crippen LogP contribution in [0.15, 0.2) is 77.7 Å². The second-order valence-electron chi connectivity index (χ2n) is 10.4. The van der Waals surface area contributed by atoms with Gasteiger partial charge < -0.3 is 25.2 Å². The molecule has 0 aromatic heterocycles. The molecule has 1 saturated carbocycles. The van der Waals surface area contributed by atoms with Gasteiger partial charge in [0.2, 0.25) is 5.91 Å². The van der Waals surface area contributed by atoms with Crippen LogP contribution in [0, 0.1) is 23.6 Å². The first-order chi connectivity index (χ1) is 21.2. The average Bonchev–Trinajstić information content (AvgIpc) is 3.60. The van der Waals surface area contributed by atoms with Crippen LogP contribution < -0.4 is 20.1 Å². The molecule has 4 atom stereocenters. The van der Waals surface area contributed by atoms with E-state index in [0.717, 1.165) is 24.3 Å². The predicted molar refractivity (Wildman–Crippen MR) is 150 cm³/mol. The number of benzene rings is 3. The molecule has 3 aromatic rings. The van der Waals surface area contributed by atoms with Crippen LogP contribution in [0.2, 0.25) is 0 Å². The highest BCUT2D eigenvalue weighted by molar-refractivity contribution is 7.92. The summed E-state index contributed by atoms with van der Waals surface area (Å²) < 4.78 is 88.4. The van der Waals surface area contributed by atoms with Gasteiger partial charge in [-0.2, -0.15) is 13.2 Å². The van der Waals surface area contributed by atoms with E-state index < -0.39 is 55.8 Å². The standard InChI is InChI=1S/C30H24F4N2O8S/c1-43-23-14-22(31)24(44-19-9-7-15(8-10-19)29(39)40)13-21(23)27(37)36-26-17-6-5-16(11-17)25(26)28(38)35-18-3-2-4-20(12-18)45(41,42)30(32,33)34/h2-10,12-14,16-17,25-26H,11H2,1H3,(H,35,38)(H,36,37)(H,39,40). The van der Waals surface area contributed by atoms with Crippen molar-refractivity contribution in [3.8, 4) is 17.2 Å². The van der Waals surface area contributed by atoms with Gasteiger partial charge in [0.1, 0.15) is 11.5 Å². The van der Waals surface area contributed by atoms with Gasteiger partial charge in [0.25, 0.3) is 15.7 Å². The Morgan fingerprint density at radius 2 is 1.64 bits per heavy atom. The summed E-state index contributed by atoms with van der Waals surface area (Å²) in [5, 5.41) is 14.3. The second kappa shape index (κ2) is 11.9. The molecule has 0 aliphatic heterocycles. The maximum absolute atomic E-state index is 14.9. The summed E-state index contributed by atoms with van der Waals surface area (Å²) in [4.78, 5) is 36.9. The molecule has 0 saturated heterocycles. The summed E-state index contributed by atoms with van der Waals surface area (Å²) in [7, 11) is -4.43. The zero-order valence-corrected chi connectivity index (χ0v) is 24.0. The quantitative estimate of drug-likeness (QED) is 0.213. The lowest BCUT2D eigenvalue weighted by Gasteiger charge is -2.28. The van der Waals surface area contributed by atoms with Crippen LogP contribution in [0.1, 0.15) is 27.1 Å². The van der Waals surface area contributed by atoms with Crippen molar-refractivity contribution < 1.29 is 54.9 Å². The van der Waals surface area contributed by atoms with Gasteiger partial charge in [-0.05, 0) is 60.7 Å². The number of amides is 2. The number of aromatic carboxylic acids is 1. The number of ether oxygens (including phenoxy) is 2. The monoisotopic (exact) mass is 648 g/mol. The highest BCUT2D eigenvalue weighted by Crippen LogP contribution is 2.45. The van der Waals surface area contributed by atoms with Crippen molar-refractivity contribution >= 4 is 33.3 Å². The molecule has 15 heteroatoms. The number of halogens is 4. The van der Waals surface area contributed by atoms with Crippen molar-refractivity contribution in [2.75, 3.05) is 12.4 Å². The molecule has 4 unspecified atom stereocenters. The van der Waals surface area contributed by atoms with Gasteiger partial charge >= 0.3 is 11.5 Å². The molecule has 2 aliphatic carbocycles. The topological polar surface area (TPSA) is 148 Å². The highest BCUT2D eigenvalue weighted by atomic mass is 32.2. The van der Waals surface area contributed by atoms with Gasteiger partial charge in [0.15, 0.2) is 11.6 Å². The lowest BCUT2D eigenvalue weighted by molar-refractivity contribution is -0.121. The third kappa shape index (κ3) is 6.20. The lowest BCUT2D eigenvalue weighted by Crippen LogP contribution is -2.47. The fourth-order valence-corrected chi connectivity index (χ4v) is 6.27. The molecule has 1 fully saturated rings. The molecule has 3 aromatic carbocycles. The van der Waals surface area contributed by atoms with E-state index in [2.05, 4.69) is 10.6 Å². The smallest absolute Gasteiger partial charge is 0.496 e. The Bertz CT molecular complexity index is 1810. The van der Waals surface area contributed by atoms with Crippen LogP contribution in [0.4, 0.5) is 23.2 Å². The Labute approximate surface area is 253 Å². The maximum atomic E-state index is 14.9.